The Kier molecular flexibility index (Phi) is 5.05. The average Bonchev–Trinajstić information content (AvgIpc) is 3.10. The zero-order chi connectivity index (χ0) is 12.8. The summed E-state index contributed by atoms with van der Waals surface area (Å²) < 4.78 is 7.58. The molecule has 0 saturated heterocycles. The Morgan fingerprint density at radius 2 is 2.33 bits per heavy atom. The smallest absolute Gasteiger partial charge is 0.203 e. The molecule has 4 heteroatoms. The first-order valence-electron chi connectivity index (χ1n) is 7.15. The summed E-state index contributed by atoms with van der Waals surface area (Å²) in [7, 11) is 0. The van der Waals surface area contributed by atoms with Crippen LogP contribution in [0.25, 0.3) is 0 Å². The molecule has 1 aliphatic carbocycles. The van der Waals surface area contributed by atoms with Crippen LogP contribution in [0.3, 0.4) is 0 Å². The molecule has 1 heterocycles. The van der Waals surface area contributed by atoms with Crippen molar-refractivity contribution in [3.8, 4) is 0 Å². The van der Waals surface area contributed by atoms with Crippen molar-refractivity contribution >= 4 is 5.95 Å². The van der Waals surface area contributed by atoms with E-state index in [2.05, 4.69) is 21.1 Å². The molecule has 18 heavy (non-hydrogen) atoms. The van der Waals surface area contributed by atoms with Crippen LogP contribution < -0.4 is 5.32 Å². The molecule has 4 nitrogen and oxygen atoms in total. The third-order valence-corrected chi connectivity index (χ3v) is 3.32. The highest BCUT2D eigenvalue weighted by Crippen LogP contribution is 2.32. The van der Waals surface area contributed by atoms with Gasteiger partial charge in [0.15, 0.2) is 0 Å². The Morgan fingerprint density at radius 3 is 3.06 bits per heavy atom. The van der Waals surface area contributed by atoms with Gasteiger partial charge in [-0.05, 0) is 32.6 Å². The summed E-state index contributed by atoms with van der Waals surface area (Å²) in [6, 6.07) is 0. The predicted octanol–water partition coefficient (Wildman–Crippen LogP) is 2.83. The highest BCUT2D eigenvalue weighted by molar-refractivity contribution is 5.28. The van der Waals surface area contributed by atoms with E-state index in [1.807, 2.05) is 13.8 Å². The molecule has 0 bridgehead atoms. The summed E-state index contributed by atoms with van der Waals surface area (Å²) in [5.41, 5.74) is 1.08. The second-order valence-corrected chi connectivity index (χ2v) is 5.11. The van der Waals surface area contributed by atoms with Gasteiger partial charge >= 0.3 is 0 Å². The number of anilines is 1. The van der Waals surface area contributed by atoms with E-state index >= 15 is 0 Å². The average molecular weight is 251 g/mol. The SMILES string of the molecule is CCOCCCn1cc(C)nc1NCCC1CC1. The number of rotatable bonds is 9. The first-order chi connectivity index (χ1) is 8.79. The number of ether oxygens (including phenoxy) is 1. The van der Waals surface area contributed by atoms with Crippen LogP contribution in [-0.2, 0) is 11.3 Å². The molecular formula is C14H25N3O. The number of nitrogens with one attached hydrogen (secondary N) is 1. The van der Waals surface area contributed by atoms with Crippen LogP contribution >= 0.6 is 0 Å². The summed E-state index contributed by atoms with van der Waals surface area (Å²) in [6.07, 6.45) is 7.28. The molecule has 0 aliphatic heterocycles. The standard InChI is InChI=1S/C14H25N3O/c1-3-18-10-4-9-17-11-12(2)16-14(17)15-8-7-13-5-6-13/h11,13H,3-10H2,1-2H3,(H,15,16). The van der Waals surface area contributed by atoms with Crippen molar-refractivity contribution in [1.82, 2.24) is 9.55 Å². The largest absolute Gasteiger partial charge is 0.382 e. The van der Waals surface area contributed by atoms with Crippen LogP contribution in [0.4, 0.5) is 5.95 Å². The van der Waals surface area contributed by atoms with Crippen LogP contribution in [-0.4, -0.2) is 29.3 Å². The van der Waals surface area contributed by atoms with Crippen LogP contribution in [0.5, 0.6) is 0 Å². The molecular weight excluding hydrogens is 226 g/mol. The predicted molar refractivity (Wildman–Crippen MR) is 73.9 cm³/mol. The number of nitrogens with zero attached hydrogens (tertiary/aromatic N) is 2. The number of hydrogen-bond donors (Lipinski definition) is 1. The third kappa shape index (κ3) is 4.33. The van der Waals surface area contributed by atoms with Gasteiger partial charge in [0.2, 0.25) is 5.95 Å². The lowest BCUT2D eigenvalue weighted by molar-refractivity contribution is 0.142. The molecule has 2 rings (SSSR count). The maximum atomic E-state index is 5.37. The molecule has 1 aliphatic rings. The Bertz CT molecular complexity index is 358. The molecule has 1 aromatic heterocycles. The minimum absolute atomic E-state index is 0.801. The van der Waals surface area contributed by atoms with Crippen molar-refractivity contribution in [2.45, 2.75) is 46.1 Å². The minimum Gasteiger partial charge on any atom is -0.382 e. The van der Waals surface area contributed by atoms with Crippen molar-refractivity contribution in [1.29, 1.82) is 0 Å². The first kappa shape index (κ1) is 13.4. The van der Waals surface area contributed by atoms with Crippen molar-refractivity contribution in [2.75, 3.05) is 25.1 Å². The summed E-state index contributed by atoms with van der Waals surface area (Å²) >= 11 is 0. The fourth-order valence-electron chi connectivity index (χ4n) is 2.13. The molecule has 1 fully saturated rings. The van der Waals surface area contributed by atoms with E-state index in [1.54, 1.807) is 0 Å². The minimum atomic E-state index is 0.801. The molecule has 0 atom stereocenters. The van der Waals surface area contributed by atoms with Gasteiger partial charge in [-0.3, -0.25) is 0 Å². The van der Waals surface area contributed by atoms with Gasteiger partial charge in [-0.1, -0.05) is 12.8 Å². The highest BCUT2D eigenvalue weighted by Gasteiger charge is 2.20. The van der Waals surface area contributed by atoms with Crippen LogP contribution in [0.1, 0.15) is 38.3 Å². The highest BCUT2D eigenvalue weighted by atomic mass is 16.5. The van der Waals surface area contributed by atoms with E-state index < -0.39 is 0 Å². The van der Waals surface area contributed by atoms with E-state index in [4.69, 9.17) is 4.74 Å². The Balaban J connectivity index is 1.75. The maximum absolute atomic E-state index is 5.37. The molecule has 0 aromatic carbocycles. The fourth-order valence-corrected chi connectivity index (χ4v) is 2.13. The lowest BCUT2D eigenvalue weighted by Crippen LogP contribution is -2.10. The molecule has 0 spiro atoms. The zero-order valence-corrected chi connectivity index (χ0v) is 11.6. The first-order valence-corrected chi connectivity index (χ1v) is 7.15. The Morgan fingerprint density at radius 1 is 1.50 bits per heavy atom. The van der Waals surface area contributed by atoms with Gasteiger partial charge in [0.25, 0.3) is 0 Å². The summed E-state index contributed by atoms with van der Waals surface area (Å²) in [5, 5.41) is 3.46. The quantitative estimate of drug-likeness (QED) is 0.686. The summed E-state index contributed by atoms with van der Waals surface area (Å²) in [5.74, 6) is 1.99. The van der Waals surface area contributed by atoms with Gasteiger partial charge in [0, 0.05) is 32.5 Å². The van der Waals surface area contributed by atoms with Gasteiger partial charge in [-0.25, -0.2) is 4.98 Å². The van der Waals surface area contributed by atoms with Gasteiger partial charge in [-0.2, -0.15) is 0 Å². The van der Waals surface area contributed by atoms with Crippen molar-refractivity contribution in [3.63, 3.8) is 0 Å². The summed E-state index contributed by atoms with van der Waals surface area (Å²) in [4.78, 5) is 4.54. The third-order valence-electron chi connectivity index (χ3n) is 3.32. The molecule has 1 aromatic rings. The van der Waals surface area contributed by atoms with E-state index in [9.17, 15) is 0 Å². The second kappa shape index (κ2) is 6.78. The number of hydrogen-bond acceptors (Lipinski definition) is 3. The summed E-state index contributed by atoms with van der Waals surface area (Å²) in [6.45, 7) is 7.74. The Hall–Kier alpha value is -1.03. The van der Waals surface area contributed by atoms with Crippen LogP contribution in [0.15, 0.2) is 6.20 Å². The molecule has 1 N–H and O–H groups in total. The van der Waals surface area contributed by atoms with E-state index in [0.29, 0.717) is 0 Å². The molecule has 0 radical (unpaired) electrons. The van der Waals surface area contributed by atoms with E-state index in [-0.39, 0.29) is 0 Å². The molecule has 0 unspecified atom stereocenters. The topological polar surface area (TPSA) is 39.1 Å². The van der Waals surface area contributed by atoms with Crippen molar-refractivity contribution < 1.29 is 4.74 Å². The number of imidazole rings is 1. The maximum Gasteiger partial charge on any atom is 0.203 e. The second-order valence-electron chi connectivity index (χ2n) is 5.11. The number of aromatic nitrogens is 2. The van der Waals surface area contributed by atoms with E-state index in [0.717, 1.165) is 50.3 Å². The lowest BCUT2D eigenvalue weighted by atomic mass is 10.3. The fraction of sp³-hybridized carbons (Fsp3) is 0.786. The van der Waals surface area contributed by atoms with Gasteiger partial charge in [0.1, 0.15) is 0 Å². The van der Waals surface area contributed by atoms with Crippen LogP contribution in [0.2, 0.25) is 0 Å². The van der Waals surface area contributed by atoms with Crippen molar-refractivity contribution in [3.05, 3.63) is 11.9 Å². The normalized spacial score (nSPS) is 15.0. The van der Waals surface area contributed by atoms with Gasteiger partial charge in [-0.15, -0.1) is 0 Å². The van der Waals surface area contributed by atoms with Gasteiger partial charge < -0.3 is 14.6 Å². The Labute approximate surface area is 110 Å². The zero-order valence-electron chi connectivity index (χ0n) is 11.6. The molecule has 0 amide bonds. The molecule has 1 saturated carbocycles. The monoisotopic (exact) mass is 251 g/mol. The van der Waals surface area contributed by atoms with Gasteiger partial charge in [0.05, 0.1) is 5.69 Å². The van der Waals surface area contributed by atoms with Crippen molar-refractivity contribution in [2.24, 2.45) is 5.92 Å². The van der Waals surface area contributed by atoms with E-state index in [1.165, 1.54) is 19.3 Å². The molecule has 102 valence electrons. The van der Waals surface area contributed by atoms with Crippen LogP contribution in [0, 0.1) is 12.8 Å². The number of aryl methyl sites for hydroxylation is 2. The lowest BCUT2D eigenvalue weighted by Gasteiger charge is -2.09.